The zero-order chi connectivity index (χ0) is 17.4. The Balaban J connectivity index is 2.41. The molecule has 0 aliphatic heterocycles. The molecule has 126 valence electrons. The van der Waals surface area contributed by atoms with Gasteiger partial charge in [0, 0.05) is 19.2 Å². The third kappa shape index (κ3) is 3.48. The van der Waals surface area contributed by atoms with E-state index in [-0.39, 0.29) is 5.75 Å². The number of rotatable bonds is 5. The number of halogens is 2. The number of methoxy groups -OCH3 is 1. The van der Waals surface area contributed by atoms with Crippen LogP contribution in [0.2, 0.25) is 0 Å². The Morgan fingerprint density at radius 1 is 1.26 bits per heavy atom. The maximum absolute atomic E-state index is 14.0. The van der Waals surface area contributed by atoms with Crippen LogP contribution in [-0.2, 0) is 22.6 Å². The van der Waals surface area contributed by atoms with Gasteiger partial charge in [-0.15, -0.1) is 5.10 Å². The molecule has 7 nitrogen and oxygen atoms in total. The molecule has 0 bridgehead atoms. The predicted octanol–water partition coefficient (Wildman–Crippen LogP) is 1.32. The van der Waals surface area contributed by atoms with E-state index in [1.54, 1.807) is 7.05 Å². The smallest absolute Gasteiger partial charge is 0.244 e. The second kappa shape index (κ2) is 5.85. The first-order chi connectivity index (χ1) is 10.6. The Morgan fingerprint density at radius 3 is 2.43 bits per heavy atom. The van der Waals surface area contributed by atoms with Gasteiger partial charge in [-0.1, -0.05) is 5.21 Å². The van der Waals surface area contributed by atoms with Gasteiger partial charge in [-0.25, -0.2) is 17.2 Å². The summed E-state index contributed by atoms with van der Waals surface area (Å²) in [7, 11) is -1.55. The molecule has 0 saturated heterocycles. The van der Waals surface area contributed by atoms with Gasteiger partial charge in [0.25, 0.3) is 0 Å². The van der Waals surface area contributed by atoms with Crippen molar-refractivity contribution in [3.05, 3.63) is 35.7 Å². The number of hydrogen-bond donors (Lipinski definition) is 1. The third-order valence-electron chi connectivity index (χ3n) is 3.13. The predicted molar refractivity (Wildman–Crippen MR) is 77.3 cm³/mol. The van der Waals surface area contributed by atoms with Crippen LogP contribution in [0.5, 0.6) is 5.75 Å². The minimum Gasteiger partial charge on any atom is -0.494 e. The van der Waals surface area contributed by atoms with Crippen LogP contribution >= 0.6 is 0 Å². The van der Waals surface area contributed by atoms with Gasteiger partial charge in [0.2, 0.25) is 10.0 Å². The number of aromatic nitrogens is 3. The number of sulfonamides is 1. The van der Waals surface area contributed by atoms with E-state index in [0.717, 1.165) is 7.11 Å². The van der Waals surface area contributed by atoms with Gasteiger partial charge >= 0.3 is 0 Å². The van der Waals surface area contributed by atoms with Crippen LogP contribution in [0, 0.1) is 11.6 Å². The molecular weight excluding hydrogens is 330 g/mol. The molecule has 0 unspecified atom stereocenters. The Bertz CT molecular complexity index is 834. The molecule has 1 heterocycles. The zero-order valence-electron chi connectivity index (χ0n) is 13.0. The first-order valence-electron chi connectivity index (χ1n) is 6.50. The minimum absolute atomic E-state index is 0.331. The van der Waals surface area contributed by atoms with Gasteiger partial charge < -0.3 is 4.74 Å². The fraction of sp³-hybridized carbons (Fsp3) is 0.385. The van der Waals surface area contributed by atoms with Gasteiger partial charge in [-0.3, -0.25) is 4.68 Å². The van der Waals surface area contributed by atoms with Crippen LogP contribution in [0.4, 0.5) is 8.78 Å². The average molecular weight is 346 g/mol. The molecule has 1 aromatic carbocycles. The van der Waals surface area contributed by atoms with E-state index in [0.29, 0.717) is 17.8 Å². The molecule has 2 aromatic rings. The molecule has 0 amide bonds. The van der Waals surface area contributed by atoms with Gasteiger partial charge in [0.15, 0.2) is 11.6 Å². The van der Waals surface area contributed by atoms with Crippen LogP contribution in [0.3, 0.4) is 0 Å². The van der Waals surface area contributed by atoms with E-state index in [4.69, 9.17) is 0 Å². The molecule has 0 radical (unpaired) electrons. The van der Waals surface area contributed by atoms with Crippen molar-refractivity contribution in [3.63, 3.8) is 0 Å². The second-order valence-corrected chi connectivity index (χ2v) is 7.08. The summed E-state index contributed by atoms with van der Waals surface area (Å²) in [6.45, 7) is 3.07. The highest BCUT2D eigenvalue weighted by Gasteiger charge is 2.32. The number of ether oxygens (including phenoxy) is 1. The SMILES string of the molecule is COc1cc(F)c(S(=O)(=O)NC(C)(C)c2cn(C)nn2)cc1F. The maximum atomic E-state index is 14.0. The van der Waals surface area contributed by atoms with Crippen molar-refractivity contribution in [2.75, 3.05) is 7.11 Å². The highest BCUT2D eigenvalue weighted by molar-refractivity contribution is 7.89. The monoisotopic (exact) mass is 346 g/mol. The highest BCUT2D eigenvalue weighted by Crippen LogP contribution is 2.27. The standard InChI is InChI=1S/C13H16F2N4O3S/c1-13(2,12-7-19(3)18-16-12)17-23(20,21)11-6-8(14)10(22-4)5-9(11)15/h5-7,17H,1-4H3. The molecule has 10 heteroatoms. The molecule has 0 aliphatic rings. The summed E-state index contributed by atoms with van der Waals surface area (Å²) in [5, 5.41) is 7.55. The average Bonchev–Trinajstić information content (AvgIpc) is 2.87. The van der Waals surface area contributed by atoms with Gasteiger partial charge in [-0.2, -0.15) is 4.72 Å². The van der Waals surface area contributed by atoms with E-state index in [2.05, 4.69) is 19.8 Å². The van der Waals surface area contributed by atoms with Crippen molar-refractivity contribution in [2.24, 2.45) is 7.05 Å². The lowest BCUT2D eigenvalue weighted by Crippen LogP contribution is -2.41. The second-order valence-electron chi connectivity index (χ2n) is 5.43. The molecule has 2 rings (SSSR count). The van der Waals surface area contributed by atoms with Crippen LogP contribution in [0.25, 0.3) is 0 Å². The van der Waals surface area contributed by atoms with Crippen molar-refractivity contribution in [1.82, 2.24) is 19.7 Å². The van der Waals surface area contributed by atoms with Crippen molar-refractivity contribution in [1.29, 1.82) is 0 Å². The lowest BCUT2D eigenvalue weighted by atomic mass is 10.0. The first-order valence-corrected chi connectivity index (χ1v) is 7.99. The van der Waals surface area contributed by atoms with Crippen molar-refractivity contribution < 1.29 is 21.9 Å². The summed E-state index contributed by atoms with van der Waals surface area (Å²) in [5.41, 5.74) is -0.839. The molecule has 0 fully saturated rings. The molecule has 23 heavy (non-hydrogen) atoms. The first kappa shape index (κ1) is 17.3. The fourth-order valence-corrected chi connectivity index (χ4v) is 3.41. The van der Waals surface area contributed by atoms with Crippen molar-refractivity contribution in [3.8, 4) is 5.75 Å². The molecule has 0 spiro atoms. The Morgan fingerprint density at radius 2 is 1.91 bits per heavy atom. The van der Waals surface area contributed by atoms with Crippen molar-refractivity contribution >= 4 is 10.0 Å². The number of nitrogens with one attached hydrogen (secondary N) is 1. The largest absolute Gasteiger partial charge is 0.494 e. The Kier molecular flexibility index (Phi) is 4.40. The van der Waals surface area contributed by atoms with E-state index in [1.165, 1.54) is 24.7 Å². The summed E-state index contributed by atoms with van der Waals surface area (Å²) in [4.78, 5) is -0.812. The molecule has 1 N–H and O–H groups in total. The lowest BCUT2D eigenvalue weighted by molar-refractivity contribution is 0.380. The quantitative estimate of drug-likeness (QED) is 0.882. The summed E-state index contributed by atoms with van der Waals surface area (Å²) in [5.74, 6) is -2.48. The van der Waals surface area contributed by atoms with Crippen LogP contribution in [-0.4, -0.2) is 30.5 Å². The number of benzene rings is 1. The zero-order valence-corrected chi connectivity index (χ0v) is 13.8. The third-order valence-corrected chi connectivity index (χ3v) is 4.80. The number of hydrogen-bond acceptors (Lipinski definition) is 5. The van der Waals surface area contributed by atoms with Crippen molar-refractivity contribution in [2.45, 2.75) is 24.3 Å². The molecule has 0 aliphatic carbocycles. The summed E-state index contributed by atoms with van der Waals surface area (Å²) in [6, 6.07) is 1.25. The van der Waals surface area contributed by atoms with E-state index >= 15 is 0 Å². The molecule has 1 aromatic heterocycles. The fourth-order valence-electron chi connectivity index (χ4n) is 1.95. The van der Waals surface area contributed by atoms with Crippen LogP contribution in [0.1, 0.15) is 19.5 Å². The van der Waals surface area contributed by atoms with E-state index in [9.17, 15) is 17.2 Å². The van der Waals surface area contributed by atoms with Crippen LogP contribution < -0.4 is 9.46 Å². The topological polar surface area (TPSA) is 86.1 Å². The maximum Gasteiger partial charge on any atom is 0.244 e. The van der Waals surface area contributed by atoms with Gasteiger partial charge in [0.05, 0.1) is 18.8 Å². The molecule has 0 saturated carbocycles. The summed E-state index contributed by atoms with van der Waals surface area (Å²) < 4.78 is 60.8. The summed E-state index contributed by atoms with van der Waals surface area (Å²) in [6.07, 6.45) is 1.52. The Labute approximate surface area is 132 Å². The van der Waals surface area contributed by atoms with Crippen LogP contribution in [0.15, 0.2) is 23.2 Å². The lowest BCUT2D eigenvalue weighted by Gasteiger charge is -2.23. The highest BCUT2D eigenvalue weighted by atomic mass is 32.2. The van der Waals surface area contributed by atoms with Gasteiger partial charge in [0.1, 0.15) is 16.4 Å². The van der Waals surface area contributed by atoms with E-state index < -0.39 is 32.1 Å². The normalized spacial score (nSPS) is 12.4. The molecular formula is C13H16F2N4O3S. The molecule has 0 atom stereocenters. The minimum atomic E-state index is -4.33. The summed E-state index contributed by atoms with van der Waals surface area (Å²) >= 11 is 0. The Hall–Kier alpha value is -2.07. The van der Waals surface area contributed by atoms with E-state index in [1.807, 2.05) is 0 Å². The van der Waals surface area contributed by atoms with Gasteiger partial charge in [-0.05, 0) is 13.8 Å². The number of aryl methyl sites for hydroxylation is 1. The number of nitrogens with zero attached hydrogens (tertiary/aromatic N) is 3.